The van der Waals surface area contributed by atoms with E-state index in [4.69, 9.17) is 10.3 Å². The average molecular weight is 228 g/mol. The fourth-order valence-electron chi connectivity index (χ4n) is 1.30. The lowest BCUT2D eigenvalue weighted by atomic mass is 10.1. The first-order valence-electron chi connectivity index (χ1n) is 4.41. The summed E-state index contributed by atoms with van der Waals surface area (Å²) in [6, 6.07) is 2.66. The predicted octanol–water partition coefficient (Wildman–Crippen LogP) is 2.26. The number of halogens is 3. The number of hydrogen-bond donors (Lipinski definition) is 1. The van der Waals surface area contributed by atoms with E-state index in [1.165, 1.54) is 6.07 Å². The van der Waals surface area contributed by atoms with E-state index >= 15 is 0 Å². The number of nitrogens with zero attached hydrogens (tertiary/aromatic N) is 1. The van der Waals surface area contributed by atoms with Crippen molar-refractivity contribution in [3.8, 4) is 0 Å². The van der Waals surface area contributed by atoms with Gasteiger partial charge < -0.3 is 10.3 Å². The van der Waals surface area contributed by atoms with Crippen LogP contribution in [0.4, 0.5) is 19.0 Å². The molecule has 0 atom stereocenters. The molecular weight excluding hydrogens is 221 g/mol. The molecule has 1 aromatic heterocycles. The summed E-state index contributed by atoms with van der Waals surface area (Å²) in [5.41, 5.74) is 5.27. The third-order valence-corrected chi connectivity index (χ3v) is 2.03. The van der Waals surface area contributed by atoms with Crippen molar-refractivity contribution in [2.75, 3.05) is 5.73 Å². The van der Waals surface area contributed by atoms with Gasteiger partial charge in [0.05, 0.1) is 0 Å². The molecule has 0 fully saturated rings. The summed E-state index contributed by atoms with van der Waals surface area (Å²) >= 11 is 0. The lowest BCUT2D eigenvalue weighted by Crippen LogP contribution is -1.96. The van der Waals surface area contributed by atoms with Crippen molar-refractivity contribution in [1.29, 1.82) is 0 Å². The Bertz CT molecular complexity index is 525. The number of nitrogens with two attached hydrogens (primary N) is 1. The molecule has 1 aromatic carbocycles. The van der Waals surface area contributed by atoms with Gasteiger partial charge in [0, 0.05) is 18.6 Å². The van der Waals surface area contributed by atoms with Gasteiger partial charge in [-0.25, -0.2) is 13.2 Å². The zero-order valence-corrected chi connectivity index (χ0v) is 8.01. The van der Waals surface area contributed by atoms with Gasteiger partial charge in [0.2, 0.25) is 0 Å². The van der Waals surface area contributed by atoms with Crippen LogP contribution in [-0.2, 0) is 6.42 Å². The van der Waals surface area contributed by atoms with Crippen LogP contribution in [0, 0.1) is 17.5 Å². The van der Waals surface area contributed by atoms with Gasteiger partial charge in [0.15, 0.2) is 17.5 Å². The van der Waals surface area contributed by atoms with Crippen molar-refractivity contribution in [1.82, 2.24) is 5.16 Å². The Kier molecular flexibility index (Phi) is 2.55. The molecule has 2 rings (SSSR count). The average Bonchev–Trinajstić information content (AvgIpc) is 2.60. The third kappa shape index (κ3) is 2.00. The molecule has 0 radical (unpaired) electrons. The lowest BCUT2D eigenvalue weighted by molar-refractivity contribution is 0.390. The summed E-state index contributed by atoms with van der Waals surface area (Å²) in [5.74, 6) is -2.74. The molecule has 84 valence electrons. The first-order valence-corrected chi connectivity index (χ1v) is 4.41. The van der Waals surface area contributed by atoms with Crippen molar-refractivity contribution in [2.24, 2.45) is 0 Å². The Labute approximate surface area is 88.7 Å². The summed E-state index contributed by atoms with van der Waals surface area (Å²) < 4.78 is 43.4. The Balaban J connectivity index is 2.31. The number of nitrogen functional groups attached to an aromatic ring is 1. The van der Waals surface area contributed by atoms with Gasteiger partial charge in [-0.3, -0.25) is 0 Å². The van der Waals surface area contributed by atoms with Gasteiger partial charge in [-0.05, 0) is 11.6 Å². The van der Waals surface area contributed by atoms with Crippen molar-refractivity contribution in [2.45, 2.75) is 6.42 Å². The monoisotopic (exact) mass is 228 g/mol. The maximum atomic E-state index is 13.2. The van der Waals surface area contributed by atoms with E-state index in [0.29, 0.717) is 6.07 Å². The molecular formula is C10H7F3N2O. The highest BCUT2D eigenvalue weighted by Crippen LogP contribution is 2.18. The van der Waals surface area contributed by atoms with Gasteiger partial charge >= 0.3 is 0 Å². The second kappa shape index (κ2) is 3.88. The van der Waals surface area contributed by atoms with E-state index in [-0.39, 0.29) is 23.6 Å². The largest absolute Gasteiger partial charge is 0.381 e. The standard InChI is InChI=1S/C10H7F3N2O/c11-7-4-9(13)8(12)2-5(7)1-6-3-10(14)15-16-6/h2-4H,1H2,(H2,14,15). The van der Waals surface area contributed by atoms with E-state index in [1.807, 2.05) is 0 Å². The highest BCUT2D eigenvalue weighted by molar-refractivity contribution is 5.30. The fraction of sp³-hybridized carbons (Fsp3) is 0.100. The van der Waals surface area contributed by atoms with Gasteiger partial charge in [-0.1, -0.05) is 5.16 Å². The molecule has 3 nitrogen and oxygen atoms in total. The maximum absolute atomic E-state index is 13.2. The lowest BCUT2D eigenvalue weighted by Gasteiger charge is -2.01. The Morgan fingerprint density at radius 3 is 2.38 bits per heavy atom. The van der Waals surface area contributed by atoms with E-state index in [0.717, 1.165) is 6.07 Å². The Morgan fingerprint density at radius 1 is 1.06 bits per heavy atom. The molecule has 0 amide bonds. The summed E-state index contributed by atoms with van der Waals surface area (Å²) in [5, 5.41) is 3.39. The van der Waals surface area contributed by atoms with Crippen molar-refractivity contribution in [3.63, 3.8) is 0 Å². The Hall–Kier alpha value is -1.98. The molecule has 0 aliphatic carbocycles. The number of hydrogen-bond acceptors (Lipinski definition) is 3. The number of anilines is 1. The molecule has 0 unspecified atom stereocenters. The minimum absolute atomic E-state index is 0.0185. The second-order valence-corrected chi connectivity index (χ2v) is 3.25. The molecule has 0 bridgehead atoms. The van der Waals surface area contributed by atoms with Gasteiger partial charge in [0.1, 0.15) is 11.6 Å². The topological polar surface area (TPSA) is 52.0 Å². The molecule has 16 heavy (non-hydrogen) atoms. The molecule has 1 heterocycles. The first kappa shape index (κ1) is 10.5. The fourth-order valence-corrected chi connectivity index (χ4v) is 1.30. The van der Waals surface area contributed by atoms with Crippen LogP contribution in [0.15, 0.2) is 22.7 Å². The van der Waals surface area contributed by atoms with Crippen LogP contribution < -0.4 is 5.73 Å². The molecule has 0 saturated carbocycles. The molecule has 0 spiro atoms. The van der Waals surface area contributed by atoms with Gasteiger partial charge in [-0.15, -0.1) is 0 Å². The number of benzene rings is 1. The van der Waals surface area contributed by atoms with Crippen LogP contribution >= 0.6 is 0 Å². The number of rotatable bonds is 2. The van der Waals surface area contributed by atoms with Crippen molar-refractivity contribution in [3.05, 3.63) is 47.0 Å². The predicted molar refractivity (Wildman–Crippen MR) is 50.0 cm³/mol. The summed E-state index contributed by atoms with van der Waals surface area (Å²) in [7, 11) is 0. The van der Waals surface area contributed by atoms with Crippen LogP contribution in [0.2, 0.25) is 0 Å². The first-order chi connectivity index (χ1) is 7.56. The number of aromatic nitrogens is 1. The van der Waals surface area contributed by atoms with Crippen LogP contribution in [0.5, 0.6) is 0 Å². The van der Waals surface area contributed by atoms with Crippen LogP contribution in [0.25, 0.3) is 0 Å². The molecule has 0 saturated heterocycles. The molecule has 2 N–H and O–H groups in total. The highest BCUT2D eigenvalue weighted by Gasteiger charge is 2.12. The smallest absolute Gasteiger partial charge is 0.167 e. The normalized spacial score (nSPS) is 10.7. The van der Waals surface area contributed by atoms with E-state index in [9.17, 15) is 13.2 Å². The van der Waals surface area contributed by atoms with E-state index in [1.54, 1.807) is 0 Å². The minimum Gasteiger partial charge on any atom is -0.381 e. The molecule has 2 aromatic rings. The Morgan fingerprint density at radius 2 is 1.75 bits per heavy atom. The summed E-state index contributed by atoms with van der Waals surface area (Å²) in [6.07, 6.45) is -0.0345. The molecule has 6 heteroatoms. The van der Waals surface area contributed by atoms with Crippen LogP contribution in [-0.4, -0.2) is 5.16 Å². The SMILES string of the molecule is Nc1cc(Cc2cc(F)c(F)cc2F)on1. The third-order valence-electron chi connectivity index (χ3n) is 2.03. The van der Waals surface area contributed by atoms with Gasteiger partial charge in [-0.2, -0.15) is 0 Å². The molecule has 0 aliphatic rings. The van der Waals surface area contributed by atoms with Crippen molar-refractivity contribution < 1.29 is 17.7 Å². The highest BCUT2D eigenvalue weighted by atomic mass is 19.2. The zero-order chi connectivity index (χ0) is 11.7. The second-order valence-electron chi connectivity index (χ2n) is 3.25. The minimum atomic E-state index is -1.22. The molecule has 0 aliphatic heterocycles. The maximum Gasteiger partial charge on any atom is 0.167 e. The van der Waals surface area contributed by atoms with Gasteiger partial charge in [0.25, 0.3) is 0 Å². The van der Waals surface area contributed by atoms with Crippen LogP contribution in [0.1, 0.15) is 11.3 Å². The van der Waals surface area contributed by atoms with E-state index in [2.05, 4.69) is 5.16 Å². The quantitative estimate of drug-likeness (QED) is 0.802. The van der Waals surface area contributed by atoms with Crippen molar-refractivity contribution >= 4 is 5.82 Å². The summed E-state index contributed by atoms with van der Waals surface area (Å²) in [6.45, 7) is 0. The van der Waals surface area contributed by atoms with Crippen LogP contribution in [0.3, 0.4) is 0 Å². The summed E-state index contributed by atoms with van der Waals surface area (Å²) in [4.78, 5) is 0. The zero-order valence-electron chi connectivity index (χ0n) is 8.01. The van der Waals surface area contributed by atoms with E-state index < -0.39 is 17.5 Å².